The second-order valence-corrected chi connectivity index (χ2v) is 12.3. The minimum absolute atomic E-state index is 0.0895. The van der Waals surface area contributed by atoms with E-state index in [4.69, 9.17) is 13.9 Å². The molecule has 0 aliphatic heterocycles. The molecule has 0 aliphatic rings. The molecule has 0 spiro atoms. The van der Waals surface area contributed by atoms with E-state index in [9.17, 15) is 9.90 Å². The first-order valence-corrected chi connectivity index (χ1v) is 18.1. The lowest BCUT2D eigenvalue weighted by molar-refractivity contribution is -0.248. The van der Waals surface area contributed by atoms with Crippen molar-refractivity contribution in [2.45, 2.75) is 187 Å². The van der Waals surface area contributed by atoms with Crippen LogP contribution in [-0.2, 0) is 18.7 Å². The summed E-state index contributed by atoms with van der Waals surface area (Å²) in [7, 11) is 3.85. The third-order valence-electron chi connectivity index (χ3n) is 8.21. The molecule has 0 radical (unpaired) electrons. The molecular weight excluding hydrogens is 516 g/mol. The zero-order valence-corrected chi connectivity index (χ0v) is 30.0. The Morgan fingerprint density at radius 2 is 0.875 bits per heavy atom. The van der Waals surface area contributed by atoms with Crippen LogP contribution < -0.4 is 0 Å². The fraction of sp³-hybridized carbons (Fsp3) is 0.971. The van der Waals surface area contributed by atoms with Crippen LogP contribution in [-0.4, -0.2) is 48.2 Å². The van der Waals surface area contributed by atoms with Gasteiger partial charge in [0.25, 0.3) is 5.79 Å². The Balaban J connectivity index is 0. The number of hydrogen-bond donors (Lipinski definition) is 1. The predicted molar refractivity (Wildman–Crippen MR) is 176 cm³/mol. The molecule has 0 saturated heterocycles. The largest absolute Gasteiger partial charge is 0.477 e. The lowest BCUT2D eigenvalue weighted by Crippen LogP contribution is -2.49. The van der Waals surface area contributed by atoms with Gasteiger partial charge in [0.1, 0.15) is 10.5 Å². The monoisotopic (exact) mass is 589 g/mol. The number of carbonyl (C=O) groups is 1. The highest BCUT2D eigenvalue weighted by Crippen LogP contribution is 2.33. The average molecular weight is 589 g/mol. The van der Waals surface area contributed by atoms with Crippen LogP contribution in [0.25, 0.3) is 0 Å². The molecule has 0 aromatic rings. The first kappa shape index (κ1) is 41.7. The van der Waals surface area contributed by atoms with Crippen LogP contribution in [0.2, 0.25) is 0 Å². The molecule has 1 N–H and O–H groups in total. The number of hydrogen-bond acceptors (Lipinski definition) is 4. The highest BCUT2D eigenvalue weighted by Gasteiger charge is 2.46. The zero-order valence-electron chi connectivity index (χ0n) is 28.0. The summed E-state index contributed by atoms with van der Waals surface area (Å²) < 4.78 is 15.9. The number of ether oxygens (including phenoxy) is 2. The molecule has 0 aliphatic carbocycles. The second-order valence-electron chi connectivity index (χ2n) is 11.7. The van der Waals surface area contributed by atoms with Gasteiger partial charge in [-0.25, -0.2) is 4.79 Å². The Labute approximate surface area is 253 Å². The van der Waals surface area contributed by atoms with Gasteiger partial charge in [-0.2, -0.15) is 0 Å². The SMILES string of the molecule is CCCCCCCCCCCCCCCC(CCCCCCCCC)C(OC)(OC)C(=O)O.CCCCCO[SiH3]. The van der Waals surface area contributed by atoms with Gasteiger partial charge in [0.15, 0.2) is 0 Å². The summed E-state index contributed by atoms with van der Waals surface area (Å²) >= 11 is 0. The molecule has 0 saturated carbocycles. The maximum absolute atomic E-state index is 12.0. The van der Waals surface area contributed by atoms with E-state index in [0.717, 1.165) is 42.8 Å². The fourth-order valence-corrected chi connectivity index (χ4v) is 5.83. The number of unbranched alkanes of at least 4 members (excludes halogenated alkanes) is 20. The quantitative estimate of drug-likeness (QED) is 0.0514. The molecule has 6 heteroatoms. The van der Waals surface area contributed by atoms with Gasteiger partial charge in [0.2, 0.25) is 0 Å². The first-order valence-electron chi connectivity index (χ1n) is 17.3. The topological polar surface area (TPSA) is 65.0 Å². The average Bonchev–Trinajstić information content (AvgIpc) is 2.96. The van der Waals surface area contributed by atoms with E-state index in [-0.39, 0.29) is 5.92 Å². The minimum atomic E-state index is -1.50. The summed E-state index contributed by atoms with van der Waals surface area (Å²) in [6.45, 7) is 7.70. The van der Waals surface area contributed by atoms with Gasteiger partial charge in [-0.1, -0.05) is 162 Å². The van der Waals surface area contributed by atoms with Crippen molar-refractivity contribution >= 4 is 16.5 Å². The molecule has 0 fully saturated rings. The van der Waals surface area contributed by atoms with Gasteiger partial charge < -0.3 is 19.0 Å². The van der Waals surface area contributed by atoms with Gasteiger partial charge >= 0.3 is 5.97 Å². The number of rotatable bonds is 30. The third-order valence-corrected chi connectivity index (χ3v) is 8.61. The second kappa shape index (κ2) is 33.1. The van der Waals surface area contributed by atoms with Crippen molar-refractivity contribution in [3.8, 4) is 0 Å². The Kier molecular flexibility index (Phi) is 34.5. The normalized spacial score (nSPS) is 12.3. The standard InChI is InChI=1S/C29H58O4.C5H14OSi/c1-5-7-9-11-13-14-15-16-17-18-20-22-24-26-27(29(32-3,33-4)28(30)31)25-23-21-19-12-10-8-6-2;1-2-3-4-5-6-7/h27H,5-26H2,1-4H3,(H,30,31);2-5H2,1,7H3. The number of carboxylic acid groups (broad SMARTS) is 1. The van der Waals surface area contributed by atoms with Crippen molar-refractivity contribution in [1.29, 1.82) is 0 Å². The molecule has 0 amide bonds. The predicted octanol–water partition coefficient (Wildman–Crippen LogP) is 9.77. The molecule has 0 aromatic heterocycles. The molecule has 0 aromatic carbocycles. The van der Waals surface area contributed by atoms with Crippen molar-refractivity contribution in [3.05, 3.63) is 0 Å². The molecular formula is C34H72O5Si. The van der Waals surface area contributed by atoms with Crippen LogP contribution in [0.3, 0.4) is 0 Å². The van der Waals surface area contributed by atoms with Gasteiger partial charge in [-0.3, -0.25) is 0 Å². The van der Waals surface area contributed by atoms with Gasteiger partial charge in [0.05, 0.1) is 0 Å². The molecule has 0 rings (SSSR count). The first-order chi connectivity index (χ1) is 19.5. The van der Waals surface area contributed by atoms with Crippen LogP contribution in [0, 0.1) is 5.92 Å². The Hall–Kier alpha value is -0.433. The summed E-state index contributed by atoms with van der Waals surface area (Å²) in [6.07, 6.45) is 31.5. The molecule has 1 unspecified atom stereocenters. The summed E-state index contributed by atoms with van der Waals surface area (Å²) in [4.78, 5) is 12.0. The summed E-state index contributed by atoms with van der Waals surface area (Å²) in [5.41, 5.74) is 0. The summed E-state index contributed by atoms with van der Waals surface area (Å²) in [5, 5.41) is 9.85. The van der Waals surface area contributed by atoms with Crippen molar-refractivity contribution in [2.75, 3.05) is 20.8 Å². The van der Waals surface area contributed by atoms with E-state index in [1.165, 1.54) is 149 Å². The fourth-order valence-electron chi connectivity index (χ4n) is 5.54. The molecule has 242 valence electrons. The molecule has 0 bridgehead atoms. The Morgan fingerprint density at radius 1 is 0.575 bits per heavy atom. The van der Waals surface area contributed by atoms with Crippen LogP contribution in [0.1, 0.15) is 181 Å². The van der Waals surface area contributed by atoms with Crippen LogP contribution in [0.4, 0.5) is 0 Å². The van der Waals surface area contributed by atoms with E-state index >= 15 is 0 Å². The molecule has 40 heavy (non-hydrogen) atoms. The number of methoxy groups -OCH3 is 2. The van der Waals surface area contributed by atoms with Crippen molar-refractivity contribution in [1.82, 2.24) is 0 Å². The van der Waals surface area contributed by atoms with E-state index in [2.05, 4.69) is 20.8 Å². The highest BCUT2D eigenvalue weighted by atomic mass is 28.2. The van der Waals surface area contributed by atoms with Gasteiger partial charge in [-0.15, -0.1) is 0 Å². The maximum Gasteiger partial charge on any atom is 0.364 e. The van der Waals surface area contributed by atoms with Crippen molar-refractivity contribution < 1.29 is 23.8 Å². The van der Waals surface area contributed by atoms with E-state index in [1.54, 1.807) is 0 Å². The zero-order chi connectivity index (χ0) is 30.2. The molecule has 5 nitrogen and oxygen atoms in total. The number of carboxylic acids is 1. The minimum Gasteiger partial charge on any atom is -0.477 e. The third kappa shape index (κ3) is 24.2. The smallest absolute Gasteiger partial charge is 0.364 e. The lowest BCUT2D eigenvalue weighted by Gasteiger charge is -2.34. The lowest BCUT2D eigenvalue weighted by atomic mass is 9.86. The Bertz CT molecular complexity index is 495. The highest BCUT2D eigenvalue weighted by molar-refractivity contribution is 5.97. The molecule has 0 heterocycles. The van der Waals surface area contributed by atoms with Crippen LogP contribution >= 0.6 is 0 Å². The van der Waals surface area contributed by atoms with Gasteiger partial charge in [0, 0.05) is 26.7 Å². The van der Waals surface area contributed by atoms with Gasteiger partial charge in [-0.05, 0) is 19.3 Å². The van der Waals surface area contributed by atoms with Crippen molar-refractivity contribution in [3.63, 3.8) is 0 Å². The molecule has 1 atom stereocenters. The Morgan fingerprint density at radius 3 is 1.15 bits per heavy atom. The van der Waals surface area contributed by atoms with Crippen LogP contribution in [0.5, 0.6) is 0 Å². The number of aliphatic carboxylic acids is 1. The van der Waals surface area contributed by atoms with E-state index < -0.39 is 11.8 Å². The van der Waals surface area contributed by atoms with Crippen LogP contribution in [0.15, 0.2) is 0 Å². The van der Waals surface area contributed by atoms with Crippen molar-refractivity contribution in [2.24, 2.45) is 5.92 Å². The van der Waals surface area contributed by atoms with E-state index in [1.807, 2.05) is 0 Å². The maximum atomic E-state index is 12.0. The summed E-state index contributed by atoms with van der Waals surface area (Å²) in [6, 6.07) is 0. The van der Waals surface area contributed by atoms with E-state index in [0.29, 0.717) is 0 Å². The summed E-state index contributed by atoms with van der Waals surface area (Å²) in [5.74, 6) is -2.58.